The van der Waals surface area contributed by atoms with E-state index in [0.29, 0.717) is 16.1 Å². The maximum atomic E-state index is 14.1. The van der Waals surface area contributed by atoms with Crippen molar-refractivity contribution in [2.24, 2.45) is 0 Å². The normalized spacial score (nSPS) is 12.0. The highest BCUT2D eigenvalue weighted by molar-refractivity contribution is 6.30. The Labute approximate surface area is 126 Å². The number of rotatable bonds is 5. The molecule has 0 heterocycles. The standard InChI is InChI=1S/C16H14ClFO3/c1-21-14-4-2-3-11(15(14)18)9-13(16(19)20)10-5-7-12(17)8-6-10/h2-8,13H,9H2,1H3,(H,19,20). The Balaban J connectivity index is 2.33. The summed E-state index contributed by atoms with van der Waals surface area (Å²) in [5.41, 5.74) is 0.880. The molecule has 0 aromatic heterocycles. The molecular weight excluding hydrogens is 295 g/mol. The van der Waals surface area contributed by atoms with E-state index in [4.69, 9.17) is 16.3 Å². The first-order valence-corrected chi connectivity index (χ1v) is 6.70. The summed E-state index contributed by atoms with van der Waals surface area (Å²) >= 11 is 5.80. The number of halogens is 2. The average Bonchev–Trinajstić information content (AvgIpc) is 2.47. The van der Waals surface area contributed by atoms with Crippen LogP contribution in [0.25, 0.3) is 0 Å². The van der Waals surface area contributed by atoms with E-state index in [2.05, 4.69) is 0 Å². The second-order valence-electron chi connectivity index (χ2n) is 4.58. The van der Waals surface area contributed by atoms with Crippen molar-refractivity contribution in [3.8, 4) is 5.75 Å². The molecule has 110 valence electrons. The molecule has 0 aliphatic heterocycles. The predicted octanol–water partition coefficient (Wildman–Crippen LogP) is 3.90. The first-order valence-electron chi connectivity index (χ1n) is 6.32. The molecule has 0 spiro atoms. The van der Waals surface area contributed by atoms with Gasteiger partial charge < -0.3 is 9.84 Å². The lowest BCUT2D eigenvalue weighted by molar-refractivity contribution is -0.138. The van der Waals surface area contributed by atoms with Gasteiger partial charge in [-0.15, -0.1) is 0 Å². The zero-order valence-corrected chi connectivity index (χ0v) is 12.1. The third-order valence-electron chi connectivity index (χ3n) is 3.26. The molecule has 1 atom stereocenters. The highest BCUT2D eigenvalue weighted by Crippen LogP contribution is 2.27. The van der Waals surface area contributed by atoms with Gasteiger partial charge in [-0.1, -0.05) is 35.9 Å². The van der Waals surface area contributed by atoms with Crippen LogP contribution in [0, 0.1) is 5.82 Å². The zero-order valence-electron chi connectivity index (χ0n) is 11.3. The van der Waals surface area contributed by atoms with Crippen LogP contribution in [0.3, 0.4) is 0 Å². The third-order valence-corrected chi connectivity index (χ3v) is 3.51. The van der Waals surface area contributed by atoms with Crippen LogP contribution in [0.1, 0.15) is 17.0 Å². The number of carboxylic acids is 1. The van der Waals surface area contributed by atoms with Crippen LogP contribution in [0.5, 0.6) is 5.75 Å². The summed E-state index contributed by atoms with van der Waals surface area (Å²) in [6.45, 7) is 0. The quantitative estimate of drug-likeness (QED) is 0.911. The summed E-state index contributed by atoms with van der Waals surface area (Å²) in [7, 11) is 1.37. The van der Waals surface area contributed by atoms with E-state index in [9.17, 15) is 14.3 Å². The summed E-state index contributed by atoms with van der Waals surface area (Å²) in [4.78, 5) is 11.5. The van der Waals surface area contributed by atoms with Crippen LogP contribution in [-0.2, 0) is 11.2 Å². The molecule has 0 saturated carbocycles. The van der Waals surface area contributed by atoms with Gasteiger partial charge >= 0.3 is 5.97 Å². The summed E-state index contributed by atoms with van der Waals surface area (Å²) in [6.07, 6.45) is 0.0417. The summed E-state index contributed by atoms with van der Waals surface area (Å²) in [5.74, 6) is -2.28. The van der Waals surface area contributed by atoms with Crippen molar-refractivity contribution < 1.29 is 19.0 Å². The number of hydrogen-bond donors (Lipinski definition) is 1. The van der Waals surface area contributed by atoms with Crippen LogP contribution in [0.4, 0.5) is 4.39 Å². The smallest absolute Gasteiger partial charge is 0.311 e. The van der Waals surface area contributed by atoms with Gasteiger partial charge in [0.25, 0.3) is 0 Å². The molecule has 0 fully saturated rings. The number of carboxylic acid groups (broad SMARTS) is 1. The maximum Gasteiger partial charge on any atom is 0.311 e. The summed E-state index contributed by atoms with van der Waals surface area (Å²) in [5, 5.41) is 9.91. The number of hydrogen-bond acceptors (Lipinski definition) is 2. The summed E-state index contributed by atoms with van der Waals surface area (Å²) < 4.78 is 19.0. The van der Waals surface area contributed by atoms with Crippen molar-refractivity contribution in [1.82, 2.24) is 0 Å². The molecule has 0 saturated heterocycles. The lowest BCUT2D eigenvalue weighted by Crippen LogP contribution is -2.15. The van der Waals surface area contributed by atoms with Gasteiger partial charge in [0.1, 0.15) is 0 Å². The molecule has 2 rings (SSSR count). The maximum absolute atomic E-state index is 14.1. The minimum Gasteiger partial charge on any atom is -0.494 e. The molecule has 21 heavy (non-hydrogen) atoms. The molecule has 1 unspecified atom stereocenters. The Hall–Kier alpha value is -2.07. The molecular formula is C16H14ClFO3. The molecule has 0 radical (unpaired) electrons. The Kier molecular flexibility index (Phi) is 4.81. The van der Waals surface area contributed by atoms with Crippen LogP contribution in [-0.4, -0.2) is 18.2 Å². The zero-order chi connectivity index (χ0) is 15.4. The number of carbonyl (C=O) groups is 1. The van der Waals surface area contributed by atoms with Gasteiger partial charge in [-0.05, 0) is 35.7 Å². The fraction of sp³-hybridized carbons (Fsp3) is 0.188. The van der Waals surface area contributed by atoms with Gasteiger partial charge in [0.2, 0.25) is 0 Å². The van der Waals surface area contributed by atoms with Crippen molar-refractivity contribution in [3.63, 3.8) is 0 Å². The molecule has 0 bridgehead atoms. The van der Waals surface area contributed by atoms with Crippen LogP contribution in [0.2, 0.25) is 5.02 Å². The van der Waals surface area contributed by atoms with Crippen molar-refractivity contribution in [3.05, 3.63) is 64.4 Å². The fourth-order valence-corrected chi connectivity index (χ4v) is 2.26. The van der Waals surface area contributed by atoms with E-state index in [1.807, 2.05) is 0 Å². The second kappa shape index (κ2) is 6.59. The highest BCUT2D eigenvalue weighted by Gasteiger charge is 2.22. The Morgan fingerprint density at radius 1 is 1.29 bits per heavy atom. The number of methoxy groups -OCH3 is 1. The van der Waals surface area contributed by atoms with E-state index in [-0.39, 0.29) is 12.2 Å². The minimum atomic E-state index is -1.01. The van der Waals surface area contributed by atoms with Gasteiger partial charge in [-0.25, -0.2) is 4.39 Å². The SMILES string of the molecule is COc1cccc(CC(C(=O)O)c2ccc(Cl)cc2)c1F. The van der Waals surface area contributed by atoms with Crippen LogP contribution in [0.15, 0.2) is 42.5 Å². The fourth-order valence-electron chi connectivity index (χ4n) is 2.13. The predicted molar refractivity (Wildman–Crippen MR) is 78.5 cm³/mol. The average molecular weight is 309 g/mol. The van der Waals surface area contributed by atoms with E-state index >= 15 is 0 Å². The van der Waals surface area contributed by atoms with Crippen LogP contribution >= 0.6 is 11.6 Å². The molecule has 5 heteroatoms. The molecule has 0 aliphatic carbocycles. The third kappa shape index (κ3) is 3.52. The van der Waals surface area contributed by atoms with Gasteiger partial charge in [0.15, 0.2) is 11.6 Å². The number of benzene rings is 2. The highest BCUT2D eigenvalue weighted by atomic mass is 35.5. The Morgan fingerprint density at radius 2 is 1.95 bits per heavy atom. The summed E-state index contributed by atoms with van der Waals surface area (Å²) in [6, 6.07) is 11.2. The lowest BCUT2D eigenvalue weighted by Gasteiger charge is -2.14. The van der Waals surface area contributed by atoms with E-state index in [0.717, 1.165) is 0 Å². The van der Waals surface area contributed by atoms with Crippen LogP contribution < -0.4 is 4.74 Å². The van der Waals surface area contributed by atoms with Crippen molar-refractivity contribution in [2.45, 2.75) is 12.3 Å². The molecule has 3 nitrogen and oxygen atoms in total. The first kappa shape index (κ1) is 15.3. The first-order chi connectivity index (χ1) is 10.0. The van der Waals surface area contributed by atoms with E-state index in [1.165, 1.54) is 13.2 Å². The molecule has 2 aromatic carbocycles. The Bertz CT molecular complexity index is 640. The molecule has 0 aliphatic rings. The Morgan fingerprint density at radius 3 is 2.52 bits per heavy atom. The minimum absolute atomic E-state index is 0.0417. The van der Waals surface area contributed by atoms with Gasteiger partial charge in [-0.2, -0.15) is 0 Å². The van der Waals surface area contributed by atoms with E-state index < -0.39 is 17.7 Å². The molecule has 2 aromatic rings. The van der Waals surface area contributed by atoms with Crippen molar-refractivity contribution >= 4 is 17.6 Å². The molecule has 1 N–H and O–H groups in total. The lowest BCUT2D eigenvalue weighted by atomic mass is 9.92. The second-order valence-corrected chi connectivity index (χ2v) is 5.02. The van der Waals surface area contributed by atoms with Gasteiger partial charge in [0.05, 0.1) is 13.0 Å². The largest absolute Gasteiger partial charge is 0.494 e. The number of aliphatic carboxylic acids is 1. The topological polar surface area (TPSA) is 46.5 Å². The molecule has 0 amide bonds. The van der Waals surface area contributed by atoms with Crippen molar-refractivity contribution in [2.75, 3.05) is 7.11 Å². The van der Waals surface area contributed by atoms with E-state index in [1.54, 1.807) is 36.4 Å². The monoisotopic (exact) mass is 308 g/mol. The van der Waals surface area contributed by atoms with Crippen molar-refractivity contribution in [1.29, 1.82) is 0 Å². The van der Waals surface area contributed by atoms with Gasteiger partial charge in [0, 0.05) is 5.02 Å². The number of ether oxygens (including phenoxy) is 1. The van der Waals surface area contributed by atoms with Gasteiger partial charge in [-0.3, -0.25) is 4.79 Å².